The fourth-order valence-corrected chi connectivity index (χ4v) is 1.23. The molecule has 0 fully saturated rings. The zero-order chi connectivity index (χ0) is 12.4. The van der Waals surface area contributed by atoms with E-state index in [1.54, 1.807) is 0 Å². The number of benzene rings is 1. The Labute approximate surface area is 100 Å². The molecule has 0 spiro atoms. The van der Waals surface area contributed by atoms with Gasteiger partial charge in [-0.1, -0.05) is 74.6 Å². The van der Waals surface area contributed by atoms with Crippen LogP contribution in [0.4, 0.5) is 0 Å². The molecule has 16 heavy (non-hydrogen) atoms. The quantitative estimate of drug-likeness (QED) is 0.609. The summed E-state index contributed by atoms with van der Waals surface area (Å²) in [5.74, 6) is 0. The normalized spacial score (nSPS) is 10.9. The smallest absolute Gasteiger partial charge is 0.0184 e. The Morgan fingerprint density at radius 1 is 1.12 bits per heavy atom. The third-order valence-corrected chi connectivity index (χ3v) is 2.07. The van der Waals surface area contributed by atoms with Crippen molar-refractivity contribution in [1.82, 2.24) is 0 Å². The second-order valence-electron chi connectivity index (χ2n) is 3.22. The topological polar surface area (TPSA) is 0 Å². The summed E-state index contributed by atoms with van der Waals surface area (Å²) in [6.07, 6.45) is 7.98. The highest BCUT2D eigenvalue weighted by molar-refractivity contribution is 5.74. The highest BCUT2D eigenvalue weighted by Crippen LogP contribution is 2.15. The predicted molar refractivity (Wildman–Crippen MR) is 75.5 cm³/mol. The van der Waals surface area contributed by atoms with Gasteiger partial charge in [0.05, 0.1) is 0 Å². The Balaban J connectivity index is 0.00000106. The summed E-state index contributed by atoms with van der Waals surface area (Å²) < 4.78 is 0. The largest absolute Gasteiger partial charge is 0.0984 e. The van der Waals surface area contributed by atoms with Crippen LogP contribution >= 0.6 is 0 Å². The molecule has 0 aliphatic heterocycles. The highest BCUT2D eigenvalue weighted by Gasteiger charge is 1.94. The molecular formula is C16H22. The van der Waals surface area contributed by atoms with Crippen molar-refractivity contribution in [3.8, 4) is 0 Å². The van der Waals surface area contributed by atoms with E-state index in [1.807, 2.05) is 39.0 Å². The molecule has 86 valence electrons. The van der Waals surface area contributed by atoms with E-state index in [1.165, 1.54) is 11.1 Å². The molecule has 0 bridgehead atoms. The number of hydrogen-bond acceptors (Lipinski definition) is 0. The van der Waals surface area contributed by atoms with Gasteiger partial charge in [0.25, 0.3) is 0 Å². The van der Waals surface area contributed by atoms with Crippen molar-refractivity contribution < 1.29 is 0 Å². The van der Waals surface area contributed by atoms with Crippen LogP contribution in [-0.2, 0) is 0 Å². The van der Waals surface area contributed by atoms with Gasteiger partial charge in [0, 0.05) is 0 Å². The molecule has 0 unspecified atom stereocenters. The molecule has 0 heteroatoms. The maximum atomic E-state index is 3.81. The lowest BCUT2D eigenvalue weighted by atomic mass is 10.0. The summed E-state index contributed by atoms with van der Waals surface area (Å²) in [6, 6.07) is 8.46. The number of allylic oxidation sites excluding steroid dienone is 5. The predicted octanol–water partition coefficient (Wildman–Crippen LogP) is 5.17. The van der Waals surface area contributed by atoms with E-state index in [0.29, 0.717) is 0 Å². The maximum Gasteiger partial charge on any atom is -0.0184 e. The lowest BCUT2D eigenvalue weighted by Crippen LogP contribution is -1.80. The van der Waals surface area contributed by atoms with Crippen LogP contribution in [0.1, 0.15) is 31.9 Å². The number of hydrogen-bond donors (Lipinski definition) is 0. The summed E-state index contributed by atoms with van der Waals surface area (Å²) in [4.78, 5) is 0. The van der Waals surface area contributed by atoms with Crippen LogP contribution < -0.4 is 0 Å². The van der Waals surface area contributed by atoms with Crippen molar-refractivity contribution in [3.63, 3.8) is 0 Å². The SMILES string of the molecule is C=C/C(=C\C=C/C)c1ccc(C)cc1.CC. The first-order chi connectivity index (χ1) is 7.77. The van der Waals surface area contributed by atoms with Gasteiger partial charge >= 0.3 is 0 Å². The molecule has 1 aromatic carbocycles. The fourth-order valence-electron chi connectivity index (χ4n) is 1.23. The van der Waals surface area contributed by atoms with Gasteiger partial charge in [0.2, 0.25) is 0 Å². The summed E-state index contributed by atoms with van der Waals surface area (Å²) >= 11 is 0. The monoisotopic (exact) mass is 214 g/mol. The Morgan fingerprint density at radius 3 is 2.12 bits per heavy atom. The molecule has 0 heterocycles. The minimum Gasteiger partial charge on any atom is -0.0984 e. The maximum absolute atomic E-state index is 3.81. The zero-order valence-corrected chi connectivity index (χ0v) is 10.8. The Morgan fingerprint density at radius 2 is 1.69 bits per heavy atom. The van der Waals surface area contributed by atoms with Gasteiger partial charge in [0.1, 0.15) is 0 Å². The van der Waals surface area contributed by atoms with Crippen LogP contribution in [-0.4, -0.2) is 0 Å². The van der Waals surface area contributed by atoms with E-state index < -0.39 is 0 Å². The molecule has 1 rings (SSSR count). The summed E-state index contributed by atoms with van der Waals surface area (Å²) in [5.41, 5.74) is 3.65. The number of rotatable bonds is 3. The van der Waals surface area contributed by atoms with Gasteiger partial charge in [0.15, 0.2) is 0 Å². The van der Waals surface area contributed by atoms with E-state index in [0.717, 1.165) is 5.57 Å². The Kier molecular flexibility index (Phi) is 7.87. The third kappa shape index (κ3) is 4.79. The molecule has 0 nitrogen and oxygen atoms in total. The van der Waals surface area contributed by atoms with Gasteiger partial charge in [-0.25, -0.2) is 0 Å². The van der Waals surface area contributed by atoms with Crippen molar-refractivity contribution in [2.24, 2.45) is 0 Å². The molecule has 0 radical (unpaired) electrons. The standard InChI is InChI=1S/C14H16.C2H6/c1-4-6-7-13(5-2)14-10-8-12(3)9-11-14;1-2/h4-11H,2H2,1,3H3;1-2H3/b6-4-,13-7+;. The second kappa shape index (κ2) is 8.72. The fraction of sp³-hybridized carbons (Fsp3) is 0.250. The second-order valence-corrected chi connectivity index (χ2v) is 3.22. The van der Waals surface area contributed by atoms with E-state index in [9.17, 15) is 0 Å². The Hall–Kier alpha value is -1.56. The minimum atomic E-state index is 1.16. The molecule has 0 aliphatic carbocycles. The van der Waals surface area contributed by atoms with E-state index >= 15 is 0 Å². The van der Waals surface area contributed by atoms with E-state index in [4.69, 9.17) is 0 Å². The molecule has 0 aromatic heterocycles. The van der Waals surface area contributed by atoms with Gasteiger partial charge in [-0.15, -0.1) is 0 Å². The van der Waals surface area contributed by atoms with Gasteiger partial charge in [-0.2, -0.15) is 0 Å². The first-order valence-electron chi connectivity index (χ1n) is 5.80. The van der Waals surface area contributed by atoms with Crippen molar-refractivity contribution in [2.75, 3.05) is 0 Å². The molecule has 0 saturated carbocycles. The van der Waals surface area contributed by atoms with Crippen LogP contribution in [0.3, 0.4) is 0 Å². The van der Waals surface area contributed by atoms with Gasteiger partial charge in [-0.3, -0.25) is 0 Å². The average Bonchev–Trinajstić information content (AvgIpc) is 2.35. The minimum absolute atomic E-state index is 1.16. The first-order valence-corrected chi connectivity index (χ1v) is 5.80. The lowest BCUT2D eigenvalue weighted by Gasteiger charge is -2.01. The molecule has 0 amide bonds. The Bertz CT molecular complexity index is 350. The third-order valence-electron chi connectivity index (χ3n) is 2.07. The van der Waals surface area contributed by atoms with Crippen LogP contribution in [0, 0.1) is 6.92 Å². The van der Waals surface area contributed by atoms with Crippen LogP contribution in [0.25, 0.3) is 5.57 Å². The van der Waals surface area contributed by atoms with E-state index in [2.05, 4.69) is 43.8 Å². The molecule has 0 atom stereocenters. The number of aryl methyl sites for hydroxylation is 1. The summed E-state index contributed by atoms with van der Waals surface area (Å²) in [7, 11) is 0. The van der Waals surface area contributed by atoms with Crippen LogP contribution in [0.2, 0.25) is 0 Å². The van der Waals surface area contributed by atoms with Gasteiger partial charge < -0.3 is 0 Å². The molecule has 0 saturated heterocycles. The molecular weight excluding hydrogens is 192 g/mol. The first kappa shape index (κ1) is 14.4. The summed E-state index contributed by atoms with van der Waals surface area (Å²) in [5, 5.41) is 0. The van der Waals surface area contributed by atoms with Crippen molar-refractivity contribution >= 4 is 5.57 Å². The highest BCUT2D eigenvalue weighted by atomic mass is 14.0. The molecule has 0 N–H and O–H groups in total. The molecule has 0 aliphatic rings. The van der Waals surface area contributed by atoms with Gasteiger partial charge in [-0.05, 0) is 25.0 Å². The van der Waals surface area contributed by atoms with Crippen LogP contribution in [0.5, 0.6) is 0 Å². The summed E-state index contributed by atoms with van der Waals surface area (Å²) in [6.45, 7) is 11.9. The van der Waals surface area contributed by atoms with Crippen molar-refractivity contribution in [1.29, 1.82) is 0 Å². The van der Waals surface area contributed by atoms with Crippen LogP contribution in [0.15, 0.2) is 55.1 Å². The lowest BCUT2D eigenvalue weighted by molar-refractivity contribution is 1.45. The average molecular weight is 214 g/mol. The van der Waals surface area contributed by atoms with E-state index in [-0.39, 0.29) is 0 Å². The zero-order valence-electron chi connectivity index (χ0n) is 10.8. The van der Waals surface area contributed by atoms with Crippen molar-refractivity contribution in [2.45, 2.75) is 27.7 Å². The van der Waals surface area contributed by atoms with Crippen molar-refractivity contribution in [3.05, 3.63) is 66.3 Å². The molecule has 1 aromatic rings.